The van der Waals surface area contributed by atoms with Crippen molar-refractivity contribution >= 4 is 48.9 Å². The molecule has 0 bridgehead atoms. The molecule has 0 saturated carbocycles. The van der Waals surface area contributed by atoms with E-state index in [1.54, 1.807) is 0 Å². The van der Waals surface area contributed by atoms with E-state index in [1.807, 2.05) is 18.4 Å². The van der Waals surface area contributed by atoms with Crippen molar-refractivity contribution in [2.45, 2.75) is 18.2 Å². The van der Waals surface area contributed by atoms with Gasteiger partial charge in [-0.05, 0) is 57.6 Å². The van der Waals surface area contributed by atoms with E-state index in [0.29, 0.717) is 15.0 Å². The Hall–Kier alpha value is -1.22. The van der Waals surface area contributed by atoms with Crippen LogP contribution in [0, 0.1) is 0 Å². The quantitative estimate of drug-likeness (QED) is 0.843. The lowest BCUT2D eigenvalue weighted by Crippen LogP contribution is -2.14. The molecule has 0 fully saturated rings. The van der Waals surface area contributed by atoms with Crippen molar-refractivity contribution in [3.05, 3.63) is 44.6 Å². The summed E-state index contributed by atoms with van der Waals surface area (Å²) in [6.45, 7) is 1.98. The van der Waals surface area contributed by atoms with Crippen molar-refractivity contribution in [2.75, 3.05) is 5.32 Å². The molecule has 3 N–H and O–H groups in total. The van der Waals surface area contributed by atoms with E-state index in [0.717, 1.165) is 12.0 Å². The van der Waals surface area contributed by atoms with Crippen molar-refractivity contribution in [1.29, 1.82) is 0 Å². The molecule has 0 saturated heterocycles. The third-order valence-electron chi connectivity index (χ3n) is 2.85. The van der Waals surface area contributed by atoms with Gasteiger partial charge in [-0.3, -0.25) is 4.79 Å². The molecular formula is C13H13BrN2O3S2. The van der Waals surface area contributed by atoms with Gasteiger partial charge < -0.3 is 5.32 Å². The average molecular weight is 389 g/mol. The first kappa shape index (κ1) is 16.2. The largest absolute Gasteiger partial charge is 0.320 e. The molecule has 112 valence electrons. The van der Waals surface area contributed by atoms with Crippen LogP contribution in [-0.4, -0.2) is 14.3 Å². The van der Waals surface area contributed by atoms with Crippen LogP contribution >= 0.6 is 27.3 Å². The first-order valence-electron chi connectivity index (χ1n) is 6.03. The number of carbonyl (C=O) groups excluding carboxylic acids is 1. The number of carbonyl (C=O) groups is 1. The number of thiophene rings is 1. The first-order chi connectivity index (χ1) is 9.82. The number of halogens is 1. The number of aryl methyl sites for hydroxylation is 1. The second-order valence-corrected chi connectivity index (χ2v) is 7.60. The number of primary sulfonamides is 1. The lowest BCUT2D eigenvalue weighted by atomic mass is 10.2. The lowest BCUT2D eigenvalue weighted by Gasteiger charge is -2.08. The van der Waals surface area contributed by atoms with Gasteiger partial charge in [-0.15, -0.1) is 11.3 Å². The van der Waals surface area contributed by atoms with Gasteiger partial charge in [0, 0.05) is 4.47 Å². The van der Waals surface area contributed by atoms with Crippen LogP contribution in [0.3, 0.4) is 0 Å². The molecule has 0 aliphatic rings. The Bertz CT molecular complexity index is 784. The lowest BCUT2D eigenvalue weighted by molar-refractivity contribution is 0.102. The number of amides is 1. The predicted molar refractivity (Wildman–Crippen MR) is 87.2 cm³/mol. The Morgan fingerprint density at radius 2 is 2.10 bits per heavy atom. The maximum Gasteiger partial charge on any atom is 0.266 e. The molecule has 5 nitrogen and oxygen atoms in total. The summed E-state index contributed by atoms with van der Waals surface area (Å²) in [5, 5.41) is 9.68. The zero-order valence-electron chi connectivity index (χ0n) is 11.1. The van der Waals surface area contributed by atoms with E-state index < -0.39 is 10.0 Å². The molecule has 0 unspecified atom stereocenters. The molecule has 0 aliphatic heterocycles. The molecule has 1 heterocycles. The van der Waals surface area contributed by atoms with Crippen molar-refractivity contribution in [1.82, 2.24) is 0 Å². The first-order valence-corrected chi connectivity index (χ1v) is 9.25. The van der Waals surface area contributed by atoms with Crippen LogP contribution in [0.2, 0.25) is 0 Å². The highest BCUT2D eigenvalue weighted by Gasteiger charge is 2.15. The number of hydrogen-bond acceptors (Lipinski definition) is 4. The maximum absolute atomic E-state index is 12.2. The summed E-state index contributed by atoms with van der Waals surface area (Å²) >= 11 is 4.61. The van der Waals surface area contributed by atoms with E-state index in [1.165, 1.54) is 29.5 Å². The monoisotopic (exact) mass is 388 g/mol. The van der Waals surface area contributed by atoms with E-state index >= 15 is 0 Å². The number of hydrogen-bond donors (Lipinski definition) is 2. The smallest absolute Gasteiger partial charge is 0.266 e. The zero-order valence-corrected chi connectivity index (χ0v) is 14.3. The van der Waals surface area contributed by atoms with Gasteiger partial charge in [0.05, 0.1) is 15.5 Å². The third-order valence-corrected chi connectivity index (χ3v) is 5.37. The summed E-state index contributed by atoms with van der Waals surface area (Å²) in [4.78, 5) is 12.9. The SMILES string of the molecule is CCc1ccsc1C(=O)Nc1ccc(S(N)(=O)=O)cc1Br. The van der Waals surface area contributed by atoms with Gasteiger partial charge in [0.25, 0.3) is 5.91 Å². The van der Waals surface area contributed by atoms with Gasteiger partial charge in [0.1, 0.15) is 0 Å². The van der Waals surface area contributed by atoms with Crippen LogP contribution in [0.4, 0.5) is 5.69 Å². The van der Waals surface area contributed by atoms with Crippen LogP contribution in [0.25, 0.3) is 0 Å². The standard InChI is InChI=1S/C13H13BrN2O3S2/c1-2-8-5-6-20-12(8)13(17)16-11-4-3-9(7-10(11)14)21(15,18)19/h3-7H,2H2,1H3,(H,16,17)(H2,15,18,19). The predicted octanol–water partition coefficient (Wildman–Crippen LogP) is 2.97. The van der Waals surface area contributed by atoms with E-state index in [2.05, 4.69) is 21.2 Å². The van der Waals surface area contributed by atoms with Crippen LogP contribution in [0.1, 0.15) is 22.2 Å². The summed E-state index contributed by atoms with van der Waals surface area (Å²) in [5.74, 6) is -0.217. The third kappa shape index (κ3) is 3.70. The number of anilines is 1. The summed E-state index contributed by atoms with van der Waals surface area (Å²) in [7, 11) is -3.77. The molecule has 2 aromatic rings. The zero-order chi connectivity index (χ0) is 15.6. The van der Waals surface area contributed by atoms with Gasteiger partial charge in [0.2, 0.25) is 10.0 Å². The number of nitrogens with two attached hydrogens (primary N) is 1. The number of benzene rings is 1. The highest BCUT2D eigenvalue weighted by atomic mass is 79.9. The topological polar surface area (TPSA) is 89.3 Å². The Labute approximate surface area is 135 Å². The fraction of sp³-hybridized carbons (Fsp3) is 0.154. The minimum Gasteiger partial charge on any atom is -0.320 e. The number of sulfonamides is 1. The second kappa shape index (κ2) is 6.27. The summed E-state index contributed by atoms with van der Waals surface area (Å²) in [6.07, 6.45) is 0.776. The molecule has 1 amide bonds. The van der Waals surface area contributed by atoms with Gasteiger partial charge in [-0.1, -0.05) is 6.92 Å². The van der Waals surface area contributed by atoms with Crippen molar-refractivity contribution < 1.29 is 13.2 Å². The van der Waals surface area contributed by atoms with Gasteiger partial charge in [0.15, 0.2) is 0 Å². The molecule has 0 spiro atoms. The molecule has 2 rings (SSSR count). The Morgan fingerprint density at radius 1 is 1.38 bits per heavy atom. The molecule has 1 aromatic carbocycles. The Balaban J connectivity index is 2.26. The summed E-state index contributed by atoms with van der Waals surface area (Å²) in [6, 6.07) is 6.13. The highest BCUT2D eigenvalue weighted by Crippen LogP contribution is 2.27. The minimum absolute atomic E-state index is 0.0160. The molecule has 21 heavy (non-hydrogen) atoms. The van der Waals surface area contributed by atoms with Crippen LogP contribution in [0.5, 0.6) is 0 Å². The Kier molecular flexibility index (Phi) is 4.82. The van der Waals surface area contributed by atoms with Gasteiger partial charge >= 0.3 is 0 Å². The second-order valence-electron chi connectivity index (χ2n) is 4.27. The number of nitrogens with one attached hydrogen (secondary N) is 1. The fourth-order valence-electron chi connectivity index (χ4n) is 1.77. The van der Waals surface area contributed by atoms with Crippen molar-refractivity contribution in [3.63, 3.8) is 0 Å². The van der Waals surface area contributed by atoms with Crippen LogP contribution in [-0.2, 0) is 16.4 Å². The normalized spacial score (nSPS) is 11.4. The summed E-state index contributed by atoms with van der Waals surface area (Å²) < 4.78 is 23.0. The molecule has 1 aromatic heterocycles. The van der Waals surface area contributed by atoms with Crippen molar-refractivity contribution in [3.8, 4) is 0 Å². The highest BCUT2D eigenvalue weighted by molar-refractivity contribution is 9.10. The molecule has 0 radical (unpaired) electrons. The van der Waals surface area contributed by atoms with Gasteiger partial charge in [-0.2, -0.15) is 0 Å². The average Bonchev–Trinajstić information content (AvgIpc) is 2.88. The van der Waals surface area contributed by atoms with Crippen molar-refractivity contribution in [2.24, 2.45) is 5.14 Å². The van der Waals surface area contributed by atoms with E-state index in [-0.39, 0.29) is 10.8 Å². The summed E-state index contributed by atoms with van der Waals surface area (Å²) in [5.41, 5.74) is 1.47. The van der Waals surface area contributed by atoms with Crippen LogP contribution < -0.4 is 10.5 Å². The minimum atomic E-state index is -3.77. The van der Waals surface area contributed by atoms with E-state index in [9.17, 15) is 13.2 Å². The fourth-order valence-corrected chi connectivity index (χ4v) is 3.83. The molecule has 8 heteroatoms. The maximum atomic E-state index is 12.2. The van der Waals surface area contributed by atoms with Gasteiger partial charge in [-0.25, -0.2) is 13.6 Å². The molecule has 0 atom stereocenters. The number of rotatable bonds is 4. The molecule has 0 aliphatic carbocycles. The Morgan fingerprint density at radius 3 is 2.67 bits per heavy atom. The molecular weight excluding hydrogens is 376 g/mol. The van der Waals surface area contributed by atoms with Crippen LogP contribution in [0.15, 0.2) is 39.0 Å². The van der Waals surface area contributed by atoms with E-state index in [4.69, 9.17) is 5.14 Å².